The fourth-order valence-corrected chi connectivity index (χ4v) is 1.42. The largest absolute Gasteiger partial charge is 0.358 e. The highest BCUT2D eigenvalue weighted by molar-refractivity contribution is 5.80. The first-order valence-electron chi connectivity index (χ1n) is 4.62. The van der Waals surface area contributed by atoms with Crippen LogP contribution in [0.5, 0.6) is 0 Å². The molecule has 1 aliphatic rings. The summed E-state index contributed by atoms with van der Waals surface area (Å²) in [6.45, 7) is 4.05. The molecule has 3 nitrogen and oxygen atoms in total. The van der Waals surface area contributed by atoms with E-state index in [-0.39, 0.29) is 11.9 Å². The van der Waals surface area contributed by atoms with Crippen LogP contribution in [0.25, 0.3) is 0 Å². The highest BCUT2D eigenvalue weighted by Gasteiger charge is 2.29. The fourth-order valence-electron chi connectivity index (χ4n) is 1.42. The summed E-state index contributed by atoms with van der Waals surface area (Å²) in [6.07, 6.45) is 2.63. The molecule has 0 aliphatic heterocycles. The van der Waals surface area contributed by atoms with Crippen LogP contribution in [0.3, 0.4) is 0 Å². The maximum Gasteiger partial charge on any atom is 0.236 e. The van der Waals surface area contributed by atoms with E-state index < -0.39 is 0 Å². The van der Waals surface area contributed by atoms with Gasteiger partial charge >= 0.3 is 0 Å². The summed E-state index contributed by atoms with van der Waals surface area (Å²) < 4.78 is 0. The molecule has 1 amide bonds. The van der Waals surface area contributed by atoms with Crippen molar-refractivity contribution in [2.24, 2.45) is 5.92 Å². The van der Waals surface area contributed by atoms with Gasteiger partial charge in [-0.3, -0.25) is 4.79 Å². The van der Waals surface area contributed by atoms with Crippen LogP contribution in [-0.4, -0.2) is 25.0 Å². The minimum Gasteiger partial charge on any atom is -0.358 e. The Kier molecular flexibility index (Phi) is 3.09. The van der Waals surface area contributed by atoms with E-state index in [4.69, 9.17) is 0 Å². The first kappa shape index (κ1) is 9.52. The Bertz CT molecular complexity index is 166. The van der Waals surface area contributed by atoms with Crippen molar-refractivity contribution < 1.29 is 4.79 Å². The van der Waals surface area contributed by atoms with Crippen molar-refractivity contribution in [1.29, 1.82) is 0 Å². The van der Waals surface area contributed by atoms with Gasteiger partial charge in [-0.1, -0.05) is 0 Å². The van der Waals surface area contributed by atoms with Crippen molar-refractivity contribution in [3.05, 3.63) is 0 Å². The Balaban J connectivity index is 2.23. The number of carbonyl (C=O) groups is 1. The Morgan fingerprint density at radius 2 is 2.00 bits per heavy atom. The summed E-state index contributed by atoms with van der Waals surface area (Å²) in [7, 11) is 1.67. The minimum absolute atomic E-state index is 0.0643. The molecule has 70 valence electrons. The predicted octanol–water partition coefficient (Wildman–Crippen LogP) is 0.509. The molecule has 0 spiro atoms. The van der Waals surface area contributed by atoms with Gasteiger partial charge in [0.15, 0.2) is 0 Å². The second kappa shape index (κ2) is 3.90. The molecule has 1 unspecified atom stereocenters. The molecule has 0 aromatic rings. The normalized spacial score (nSPS) is 21.6. The van der Waals surface area contributed by atoms with E-state index >= 15 is 0 Å². The molecule has 0 heterocycles. The average Bonchev–Trinajstić information content (AvgIpc) is 2.84. The quantitative estimate of drug-likeness (QED) is 0.645. The summed E-state index contributed by atoms with van der Waals surface area (Å²) in [4.78, 5) is 11.1. The second-order valence-corrected chi connectivity index (χ2v) is 3.63. The van der Waals surface area contributed by atoms with Crippen molar-refractivity contribution in [3.63, 3.8) is 0 Å². The lowest BCUT2D eigenvalue weighted by Gasteiger charge is -2.18. The van der Waals surface area contributed by atoms with Crippen LogP contribution in [-0.2, 0) is 4.79 Å². The van der Waals surface area contributed by atoms with Gasteiger partial charge in [0.05, 0.1) is 6.04 Å². The van der Waals surface area contributed by atoms with E-state index in [0.29, 0.717) is 6.04 Å². The molecule has 1 fully saturated rings. The number of nitrogens with one attached hydrogen (secondary N) is 2. The van der Waals surface area contributed by atoms with Crippen LogP contribution in [0.15, 0.2) is 0 Å². The number of amides is 1. The molecule has 0 radical (unpaired) electrons. The van der Waals surface area contributed by atoms with Crippen LogP contribution >= 0.6 is 0 Å². The maximum absolute atomic E-state index is 11.1. The van der Waals surface area contributed by atoms with Gasteiger partial charge in [0.1, 0.15) is 0 Å². The molecule has 2 atom stereocenters. The molecule has 0 saturated heterocycles. The molecule has 1 rings (SSSR count). The van der Waals surface area contributed by atoms with Gasteiger partial charge in [-0.15, -0.1) is 0 Å². The summed E-state index contributed by atoms with van der Waals surface area (Å²) in [5, 5.41) is 5.91. The number of hydrogen-bond acceptors (Lipinski definition) is 2. The van der Waals surface area contributed by atoms with E-state index in [9.17, 15) is 4.79 Å². The zero-order valence-corrected chi connectivity index (χ0v) is 8.05. The van der Waals surface area contributed by atoms with Crippen molar-refractivity contribution >= 4 is 5.91 Å². The number of hydrogen-bond donors (Lipinski definition) is 2. The lowest BCUT2D eigenvalue weighted by atomic mass is 10.2. The molecule has 12 heavy (non-hydrogen) atoms. The van der Waals surface area contributed by atoms with E-state index in [1.54, 1.807) is 7.05 Å². The molecule has 0 bridgehead atoms. The number of carbonyl (C=O) groups excluding carboxylic acids is 1. The van der Waals surface area contributed by atoms with Gasteiger partial charge in [0, 0.05) is 13.1 Å². The third kappa shape index (κ3) is 2.48. The summed E-state index contributed by atoms with van der Waals surface area (Å²) in [5.74, 6) is 0.875. The van der Waals surface area contributed by atoms with Crippen LogP contribution in [0, 0.1) is 5.92 Å². The Hall–Kier alpha value is -0.570. The van der Waals surface area contributed by atoms with Gasteiger partial charge in [-0.2, -0.15) is 0 Å². The molecule has 1 saturated carbocycles. The van der Waals surface area contributed by atoms with Crippen molar-refractivity contribution in [2.45, 2.75) is 38.8 Å². The molecule has 2 N–H and O–H groups in total. The standard InChI is InChI=1S/C9H18N2O/c1-6(8-4-5-8)11-7(2)9(12)10-3/h6-8,11H,4-5H2,1-3H3,(H,10,12)/t6?,7-/m1/s1. The monoisotopic (exact) mass is 170 g/mol. The number of rotatable bonds is 4. The smallest absolute Gasteiger partial charge is 0.236 e. The van der Waals surface area contributed by atoms with Crippen LogP contribution in [0.1, 0.15) is 26.7 Å². The lowest BCUT2D eigenvalue weighted by Crippen LogP contribution is -2.45. The Morgan fingerprint density at radius 1 is 1.42 bits per heavy atom. The highest BCUT2D eigenvalue weighted by atomic mass is 16.2. The minimum atomic E-state index is -0.0643. The fraction of sp³-hybridized carbons (Fsp3) is 0.889. The molecular formula is C9H18N2O. The SMILES string of the molecule is CNC(=O)[C@@H](C)NC(C)C1CC1. The highest BCUT2D eigenvalue weighted by Crippen LogP contribution is 2.32. The van der Waals surface area contributed by atoms with E-state index in [2.05, 4.69) is 17.6 Å². The van der Waals surface area contributed by atoms with Crippen LogP contribution in [0.4, 0.5) is 0 Å². The first-order valence-corrected chi connectivity index (χ1v) is 4.62. The molecule has 1 aliphatic carbocycles. The topological polar surface area (TPSA) is 41.1 Å². The molecular weight excluding hydrogens is 152 g/mol. The second-order valence-electron chi connectivity index (χ2n) is 3.63. The van der Waals surface area contributed by atoms with Gasteiger partial charge in [0.25, 0.3) is 0 Å². The summed E-state index contributed by atoms with van der Waals surface area (Å²) >= 11 is 0. The predicted molar refractivity (Wildman–Crippen MR) is 48.9 cm³/mol. The van der Waals surface area contributed by atoms with E-state index in [1.165, 1.54) is 12.8 Å². The molecule has 0 aromatic heterocycles. The lowest BCUT2D eigenvalue weighted by molar-refractivity contribution is -0.122. The Morgan fingerprint density at radius 3 is 2.42 bits per heavy atom. The van der Waals surface area contributed by atoms with Crippen molar-refractivity contribution in [1.82, 2.24) is 10.6 Å². The third-order valence-electron chi connectivity index (χ3n) is 2.48. The van der Waals surface area contributed by atoms with Gasteiger partial charge in [-0.25, -0.2) is 0 Å². The number of likely N-dealkylation sites (N-methyl/N-ethyl adjacent to an activating group) is 1. The average molecular weight is 170 g/mol. The van der Waals surface area contributed by atoms with Gasteiger partial charge < -0.3 is 10.6 Å². The molecule has 0 aromatic carbocycles. The molecule has 3 heteroatoms. The van der Waals surface area contributed by atoms with E-state index in [0.717, 1.165) is 5.92 Å². The summed E-state index contributed by atoms with van der Waals surface area (Å²) in [5.41, 5.74) is 0. The van der Waals surface area contributed by atoms with Crippen LogP contribution in [0.2, 0.25) is 0 Å². The van der Waals surface area contributed by atoms with Crippen molar-refractivity contribution in [3.8, 4) is 0 Å². The Labute approximate surface area is 73.9 Å². The van der Waals surface area contributed by atoms with E-state index in [1.807, 2.05) is 6.92 Å². The van der Waals surface area contributed by atoms with Crippen LogP contribution < -0.4 is 10.6 Å². The van der Waals surface area contributed by atoms with Gasteiger partial charge in [0.2, 0.25) is 5.91 Å². The van der Waals surface area contributed by atoms with Gasteiger partial charge in [-0.05, 0) is 32.6 Å². The first-order chi connectivity index (χ1) is 5.65. The third-order valence-corrected chi connectivity index (χ3v) is 2.48. The zero-order valence-electron chi connectivity index (χ0n) is 8.05. The summed E-state index contributed by atoms with van der Waals surface area (Å²) in [6, 6.07) is 0.419. The maximum atomic E-state index is 11.1. The van der Waals surface area contributed by atoms with Crippen molar-refractivity contribution in [2.75, 3.05) is 7.05 Å². The zero-order chi connectivity index (χ0) is 9.14.